The molecule has 4 nitrogen and oxygen atoms in total. The molecule has 1 aliphatic heterocycles. The minimum Gasteiger partial charge on any atom is -0.450 e. The maximum absolute atomic E-state index is 13.9. The number of thiazole rings is 1. The van der Waals surface area contributed by atoms with E-state index in [0.717, 1.165) is 34.1 Å². The van der Waals surface area contributed by atoms with Crippen LogP contribution in [0.5, 0.6) is 0 Å². The molecule has 1 aliphatic carbocycles. The van der Waals surface area contributed by atoms with Crippen molar-refractivity contribution in [3.63, 3.8) is 0 Å². The Morgan fingerprint density at radius 1 is 0.947 bits per heavy atom. The Morgan fingerprint density at radius 3 is 2.58 bits per heavy atom. The fourth-order valence-corrected chi connectivity index (χ4v) is 7.06. The average Bonchev–Trinajstić information content (AvgIpc) is 3.52. The number of halogens is 1. The Balaban J connectivity index is 1.34. The van der Waals surface area contributed by atoms with E-state index in [-0.39, 0.29) is 11.6 Å². The molecule has 0 bridgehead atoms. The van der Waals surface area contributed by atoms with Gasteiger partial charge in [0.05, 0.1) is 16.3 Å². The molecular formula is C31H21ClN2O2S2. The van der Waals surface area contributed by atoms with E-state index in [1.54, 1.807) is 0 Å². The molecule has 38 heavy (non-hydrogen) atoms. The monoisotopic (exact) mass is 552 g/mol. The summed E-state index contributed by atoms with van der Waals surface area (Å²) < 4.78 is 8.53. The van der Waals surface area contributed by atoms with E-state index in [4.69, 9.17) is 21.0 Å². The van der Waals surface area contributed by atoms with Gasteiger partial charge in [0.25, 0.3) is 5.56 Å². The number of rotatable bonds is 4. The molecule has 0 unspecified atom stereocenters. The Hall–Kier alpha value is -3.58. The van der Waals surface area contributed by atoms with Crippen molar-refractivity contribution in [3.05, 3.63) is 144 Å². The van der Waals surface area contributed by atoms with E-state index in [2.05, 4.69) is 36.4 Å². The highest BCUT2D eigenvalue weighted by atomic mass is 35.5. The number of hydrogen-bond donors (Lipinski definition) is 0. The van der Waals surface area contributed by atoms with Gasteiger partial charge in [-0.15, -0.1) is 0 Å². The van der Waals surface area contributed by atoms with Crippen LogP contribution in [0, 0.1) is 0 Å². The maximum atomic E-state index is 13.9. The highest BCUT2D eigenvalue weighted by Gasteiger charge is 2.32. The van der Waals surface area contributed by atoms with Crippen LogP contribution < -0.4 is 14.9 Å². The van der Waals surface area contributed by atoms with Crippen LogP contribution in [0.4, 0.5) is 0 Å². The fourth-order valence-electron chi connectivity index (χ4n) is 5.17. The van der Waals surface area contributed by atoms with Crippen molar-refractivity contribution < 1.29 is 4.42 Å². The molecule has 0 radical (unpaired) electrons. The average molecular weight is 553 g/mol. The van der Waals surface area contributed by atoms with Gasteiger partial charge in [0, 0.05) is 21.6 Å². The summed E-state index contributed by atoms with van der Waals surface area (Å²) in [6.07, 6.45) is 3.65. The molecule has 0 saturated heterocycles. The molecule has 7 heteroatoms. The minimum absolute atomic E-state index is 0.0451. The van der Waals surface area contributed by atoms with Gasteiger partial charge in [-0.05, 0) is 65.9 Å². The first-order valence-electron chi connectivity index (χ1n) is 12.4. The number of furan rings is 1. The summed E-state index contributed by atoms with van der Waals surface area (Å²) in [5.74, 6) is 0.636. The molecule has 7 rings (SSSR count). The first-order valence-corrected chi connectivity index (χ1v) is 14.4. The highest BCUT2D eigenvalue weighted by Crippen LogP contribution is 2.41. The fraction of sp³-hybridized carbons (Fsp3) is 0.0968. The molecule has 2 aromatic heterocycles. The molecule has 0 N–H and O–H groups in total. The molecule has 5 aromatic rings. The highest BCUT2D eigenvalue weighted by molar-refractivity contribution is 7.99. The van der Waals surface area contributed by atoms with Crippen LogP contribution in [0.3, 0.4) is 0 Å². The summed E-state index contributed by atoms with van der Waals surface area (Å²) in [7, 11) is 0. The van der Waals surface area contributed by atoms with Gasteiger partial charge in [0.1, 0.15) is 5.76 Å². The van der Waals surface area contributed by atoms with Crippen LogP contribution in [0.1, 0.15) is 34.9 Å². The zero-order valence-corrected chi connectivity index (χ0v) is 22.5. The lowest BCUT2D eigenvalue weighted by atomic mass is 9.83. The van der Waals surface area contributed by atoms with Gasteiger partial charge in [0.2, 0.25) is 0 Å². The largest absolute Gasteiger partial charge is 0.450 e. The van der Waals surface area contributed by atoms with Crippen LogP contribution in [0.25, 0.3) is 11.8 Å². The first-order chi connectivity index (χ1) is 18.6. The molecular weight excluding hydrogens is 532 g/mol. The third-order valence-corrected chi connectivity index (χ3v) is 9.06. The third kappa shape index (κ3) is 4.19. The summed E-state index contributed by atoms with van der Waals surface area (Å²) >= 11 is 8.93. The van der Waals surface area contributed by atoms with Crippen LogP contribution in [-0.4, -0.2) is 4.57 Å². The predicted octanol–water partition coefficient (Wildman–Crippen LogP) is 6.72. The summed E-state index contributed by atoms with van der Waals surface area (Å²) in [6, 6.07) is 30.0. The smallest absolute Gasteiger partial charge is 0.271 e. The third-order valence-electron chi connectivity index (χ3n) is 6.90. The van der Waals surface area contributed by atoms with Crippen molar-refractivity contribution >= 4 is 46.5 Å². The lowest BCUT2D eigenvalue weighted by molar-refractivity contribution is 0.466. The van der Waals surface area contributed by atoms with Crippen molar-refractivity contribution in [2.45, 2.75) is 28.9 Å². The molecule has 0 fully saturated rings. The standard InChI is InChI=1S/C31H21ClN2O2S2/c32-21-11-14-23(15-12-21)37-27-17-13-22(36-27)18-26-30(35)34-29(20-7-2-1-3-8-20)25-16-10-19-6-4-5-9-24(19)28(25)33-31(34)38-26/h1-9,11-15,17-18,29H,10,16H2/b26-18-/t29-/m0/s1. The van der Waals surface area contributed by atoms with Crippen LogP contribution in [0.15, 0.2) is 121 Å². The van der Waals surface area contributed by atoms with Crippen molar-refractivity contribution in [1.82, 2.24) is 4.57 Å². The Morgan fingerprint density at radius 2 is 1.74 bits per heavy atom. The lowest BCUT2D eigenvalue weighted by Gasteiger charge is -2.30. The van der Waals surface area contributed by atoms with Gasteiger partial charge in [-0.1, -0.05) is 89.3 Å². The Kier molecular flexibility index (Phi) is 5.96. The zero-order chi connectivity index (χ0) is 25.6. The number of fused-ring (bicyclic) bond motifs is 3. The van der Waals surface area contributed by atoms with Crippen molar-refractivity contribution in [3.8, 4) is 0 Å². The van der Waals surface area contributed by atoms with E-state index in [1.165, 1.54) is 39.8 Å². The van der Waals surface area contributed by atoms with Gasteiger partial charge in [-0.3, -0.25) is 9.36 Å². The second-order valence-corrected chi connectivity index (χ2v) is 11.8. The van der Waals surface area contributed by atoms with Gasteiger partial charge >= 0.3 is 0 Å². The summed E-state index contributed by atoms with van der Waals surface area (Å²) in [5.41, 5.74) is 5.74. The number of hydrogen-bond acceptors (Lipinski definition) is 5. The Labute approximate surface area is 232 Å². The lowest BCUT2D eigenvalue weighted by Crippen LogP contribution is -2.38. The second-order valence-electron chi connectivity index (χ2n) is 9.24. The molecule has 3 aromatic carbocycles. The molecule has 0 amide bonds. The SMILES string of the molecule is O=c1/c(=C/c2ccc(Sc3ccc(Cl)cc3)o2)sc2n1[C@@H](c1ccccc1)C1=C(N=2)c2ccccc2CC1. The van der Waals surface area contributed by atoms with Gasteiger partial charge in [0.15, 0.2) is 9.89 Å². The minimum atomic E-state index is -0.175. The van der Waals surface area contributed by atoms with Gasteiger partial charge < -0.3 is 4.42 Å². The van der Waals surface area contributed by atoms with Crippen LogP contribution in [0.2, 0.25) is 5.02 Å². The van der Waals surface area contributed by atoms with E-state index >= 15 is 0 Å². The second kappa shape index (κ2) is 9.62. The number of nitrogens with zero attached hydrogens (tertiary/aromatic N) is 2. The number of aryl methyl sites for hydroxylation is 1. The maximum Gasteiger partial charge on any atom is 0.271 e. The van der Waals surface area contributed by atoms with Crippen molar-refractivity contribution in [1.29, 1.82) is 0 Å². The zero-order valence-electron chi connectivity index (χ0n) is 20.1. The van der Waals surface area contributed by atoms with E-state index in [0.29, 0.717) is 20.1 Å². The van der Waals surface area contributed by atoms with Crippen LogP contribution >= 0.6 is 34.7 Å². The molecule has 186 valence electrons. The first kappa shape index (κ1) is 23.5. The summed E-state index contributed by atoms with van der Waals surface area (Å²) in [5, 5.41) is 1.45. The molecule has 3 heterocycles. The molecule has 1 atom stereocenters. The quantitative estimate of drug-likeness (QED) is 0.249. The van der Waals surface area contributed by atoms with E-state index in [9.17, 15) is 4.79 Å². The molecule has 2 aliphatic rings. The normalized spacial score (nSPS) is 16.6. The number of allylic oxidation sites excluding steroid dienone is 1. The number of aromatic nitrogens is 1. The van der Waals surface area contributed by atoms with E-state index in [1.807, 2.05) is 65.2 Å². The number of benzene rings is 3. The predicted molar refractivity (Wildman–Crippen MR) is 153 cm³/mol. The molecule has 0 spiro atoms. The summed E-state index contributed by atoms with van der Waals surface area (Å²) in [4.78, 5) is 20.7. The van der Waals surface area contributed by atoms with Crippen molar-refractivity contribution in [2.24, 2.45) is 4.99 Å². The topological polar surface area (TPSA) is 47.5 Å². The molecule has 0 saturated carbocycles. The van der Waals surface area contributed by atoms with E-state index < -0.39 is 0 Å². The van der Waals surface area contributed by atoms with Crippen molar-refractivity contribution in [2.75, 3.05) is 0 Å². The van der Waals surface area contributed by atoms with Gasteiger partial charge in [-0.25, -0.2) is 4.99 Å². The summed E-state index contributed by atoms with van der Waals surface area (Å²) in [6.45, 7) is 0. The van der Waals surface area contributed by atoms with Gasteiger partial charge in [-0.2, -0.15) is 0 Å². The Bertz CT molecular complexity index is 1880. The van der Waals surface area contributed by atoms with Crippen LogP contribution in [-0.2, 0) is 6.42 Å².